The van der Waals surface area contributed by atoms with Gasteiger partial charge in [-0.3, -0.25) is 4.98 Å². The van der Waals surface area contributed by atoms with Crippen LogP contribution in [0.25, 0.3) is 11.0 Å². The second-order valence-corrected chi connectivity index (χ2v) is 7.02. The predicted molar refractivity (Wildman–Crippen MR) is 103 cm³/mol. The number of aromatic nitrogens is 3. The van der Waals surface area contributed by atoms with Gasteiger partial charge in [-0.15, -0.1) is 0 Å². The number of rotatable bonds is 7. The summed E-state index contributed by atoms with van der Waals surface area (Å²) in [5.41, 5.74) is 0.202. The maximum absolute atomic E-state index is 13.8. The fraction of sp³-hybridized carbons (Fsp3) is 0.300. The molecule has 1 aliphatic heterocycles. The lowest BCUT2D eigenvalue weighted by atomic mass is 10.0. The predicted octanol–water partition coefficient (Wildman–Crippen LogP) is 3.66. The first-order valence-electron chi connectivity index (χ1n) is 9.33. The summed E-state index contributed by atoms with van der Waals surface area (Å²) in [6, 6.07) is 4.49. The molecule has 2 aromatic heterocycles. The Morgan fingerprint density at radius 2 is 1.97 bits per heavy atom. The number of carboxylic acids is 1. The number of benzene rings is 1. The van der Waals surface area contributed by atoms with Crippen LogP contribution in [0.1, 0.15) is 40.4 Å². The maximum Gasteiger partial charge on any atom is 0.338 e. The summed E-state index contributed by atoms with van der Waals surface area (Å²) in [5, 5.41) is 12.6. The highest BCUT2D eigenvalue weighted by Crippen LogP contribution is 2.30. The fourth-order valence-electron chi connectivity index (χ4n) is 3.41. The molecule has 30 heavy (non-hydrogen) atoms. The summed E-state index contributed by atoms with van der Waals surface area (Å²) in [4.78, 5) is 26.0. The van der Waals surface area contributed by atoms with E-state index in [-0.39, 0.29) is 22.4 Å². The van der Waals surface area contributed by atoms with Gasteiger partial charge in [0, 0.05) is 12.7 Å². The Balaban J connectivity index is 1.74. The van der Waals surface area contributed by atoms with E-state index in [2.05, 4.69) is 25.2 Å². The van der Waals surface area contributed by atoms with Crippen molar-refractivity contribution in [2.45, 2.75) is 18.9 Å². The Hall–Kier alpha value is -3.27. The molecule has 0 aliphatic carbocycles. The summed E-state index contributed by atoms with van der Waals surface area (Å²) in [5.74, 6) is -1.84. The van der Waals surface area contributed by atoms with E-state index < -0.39 is 29.8 Å². The average Bonchev–Trinajstić information content (AvgIpc) is 2.69. The zero-order chi connectivity index (χ0) is 21.3. The normalized spacial score (nSPS) is 15.2. The van der Waals surface area contributed by atoms with Gasteiger partial charge in [-0.1, -0.05) is 6.07 Å². The van der Waals surface area contributed by atoms with Crippen molar-refractivity contribution in [2.24, 2.45) is 0 Å². The fourth-order valence-corrected chi connectivity index (χ4v) is 3.41. The van der Waals surface area contributed by atoms with E-state index in [1.807, 2.05) is 0 Å². The molecule has 1 aromatic carbocycles. The molecule has 0 bridgehead atoms. The third-order valence-electron chi connectivity index (χ3n) is 5.11. The lowest BCUT2D eigenvalue weighted by Crippen LogP contribution is -2.41. The lowest BCUT2D eigenvalue weighted by molar-refractivity contribution is 0.0698. The topological polar surface area (TPSA) is 91.2 Å². The molecular weight excluding hydrogens is 399 g/mol. The molecule has 1 saturated heterocycles. The number of anilines is 1. The van der Waals surface area contributed by atoms with Crippen LogP contribution in [0.15, 0.2) is 36.8 Å². The first-order chi connectivity index (χ1) is 14.4. The number of nitrogens with one attached hydrogen (secondary N) is 1. The number of nitrogens with zero attached hydrogens (tertiary/aromatic N) is 4. The molecule has 10 heteroatoms. The number of hydrogen-bond donors (Lipinski definition) is 2. The number of fused-ring (bicyclic) bond motifs is 1. The van der Waals surface area contributed by atoms with E-state index in [0.29, 0.717) is 12.1 Å². The van der Waals surface area contributed by atoms with Gasteiger partial charge in [0.2, 0.25) is 0 Å². The number of halogens is 3. The number of aromatic carboxylic acids is 1. The van der Waals surface area contributed by atoms with Gasteiger partial charge < -0.3 is 15.3 Å². The molecule has 4 rings (SSSR count). The van der Waals surface area contributed by atoms with Crippen molar-refractivity contribution in [3.63, 3.8) is 0 Å². The second kappa shape index (κ2) is 8.23. The molecule has 7 nitrogen and oxygen atoms in total. The number of carbonyl (C=O) groups is 1. The Morgan fingerprint density at radius 3 is 2.63 bits per heavy atom. The molecule has 0 unspecified atom stereocenters. The van der Waals surface area contributed by atoms with Crippen LogP contribution >= 0.6 is 0 Å². The number of carboxylic acid groups (broad SMARTS) is 1. The Bertz CT molecular complexity index is 1090. The highest BCUT2D eigenvalue weighted by molar-refractivity contribution is 6.02. The van der Waals surface area contributed by atoms with Crippen molar-refractivity contribution in [3.05, 3.63) is 59.3 Å². The summed E-state index contributed by atoms with van der Waals surface area (Å²) >= 11 is 0. The van der Waals surface area contributed by atoms with Gasteiger partial charge >= 0.3 is 5.97 Å². The highest BCUT2D eigenvalue weighted by Gasteiger charge is 2.24. The van der Waals surface area contributed by atoms with Gasteiger partial charge in [0.25, 0.3) is 6.43 Å². The first kappa shape index (κ1) is 20.0. The monoisotopic (exact) mass is 417 g/mol. The number of alkyl halides is 2. The molecule has 3 heterocycles. The van der Waals surface area contributed by atoms with E-state index >= 15 is 0 Å². The van der Waals surface area contributed by atoms with Crippen LogP contribution in [0.4, 0.5) is 19.0 Å². The number of hydrogen-bond acceptors (Lipinski definition) is 6. The van der Waals surface area contributed by atoms with Gasteiger partial charge in [-0.25, -0.2) is 27.9 Å². The van der Waals surface area contributed by atoms with Crippen molar-refractivity contribution in [3.8, 4) is 0 Å². The molecule has 1 aliphatic rings. The number of pyridine rings is 1. The van der Waals surface area contributed by atoms with E-state index in [9.17, 15) is 23.1 Å². The molecule has 0 spiro atoms. The van der Waals surface area contributed by atoms with Crippen molar-refractivity contribution in [1.82, 2.24) is 19.9 Å². The first-order valence-corrected chi connectivity index (χ1v) is 9.33. The molecule has 0 radical (unpaired) electrons. The molecular formula is C20H18F3N5O2. The zero-order valence-corrected chi connectivity index (χ0v) is 15.7. The minimum Gasteiger partial charge on any atom is -0.478 e. The van der Waals surface area contributed by atoms with Crippen LogP contribution in [0.5, 0.6) is 0 Å². The Morgan fingerprint density at radius 1 is 1.17 bits per heavy atom. The number of likely N-dealkylation sites (tertiary alicyclic amines) is 1. The van der Waals surface area contributed by atoms with E-state index in [0.717, 1.165) is 31.6 Å². The van der Waals surface area contributed by atoms with Crippen molar-refractivity contribution >= 4 is 22.8 Å². The van der Waals surface area contributed by atoms with Gasteiger partial charge in [-0.05, 0) is 43.3 Å². The molecule has 1 fully saturated rings. The summed E-state index contributed by atoms with van der Waals surface area (Å²) in [7, 11) is 0. The van der Waals surface area contributed by atoms with Crippen LogP contribution < -0.4 is 5.32 Å². The van der Waals surface area contributed by atoms with E-state index in [1.165, 1.54) is 24.7 Å². The summed E-state index contributed by atoms with van der Waals surface area (Å²) in [6.45, 7) is 2.22. The van der Waals surface area contributed by atoms with Gasteiger partial charge in [0.1, 0.15) is 23.2 Å². The van der Waals surface area contributed by atoms with Crippen LogP contribution in [-0.2, 0) is 0 Å². The van der Waals surface area contributed by atoms with Crippen LogP contribution in [0.2, 0.25) is 0 Å². The lowest BCUT2D eigenvalue weighted by Gasteiger charge is -2.35. The third-order valence-corrected chi connectivity index (χ3v) is 5.11. The zero-order valence-electron chi connectivity index (χ0n) is 15.7. The highest BCUT2D eigenvalue weighted by atomic mass is 19.3. The van der Waals surface area contributed by atoms with E-state index in [1.54, 1.807) is 0 Å². The molecule has 3 aromatic rings. The quantitative estimate of drug-likeness (QED) is 0.606. The molecule has 156 valence electrons. The molecule has 0 amide bonds. The SMILES string of the molecule is O=C(O)c1ccnc2c(N[C@H](CN3CCC3)c3ccc(F)c(C(F)F)c3)ncnc12. The Labute approximate surface area is 169 Å². The van der Waals surface area contributed by atoms with Crippen LogP contribution in [0, 0.1) is 5.82 Å². The average molecular weight is 417 g/mol. The summed E-state index contributed by atoms with van der Waals surface area (Å²) < 4.78 is 40.2. The third kappa shape index (κ3) is 3.90. The van der Waals surface area contributed by atoms with Crippen molar-refractivity contribution in [2.75, 3.05) is 25.0 Å². The van der Waals surface area contributed by atoms with E-state index in [4.69, 9.17) is 0 Å². The van der Waals surface area contributed by atoms with Crippen molar-refractivity contribution in [1.29, 1.82) is 0 Å². The summed E-state index contributed by atoms with van der Waals surface area (Å²) in [6.07, 6.45) is 0.666. The van der Waals surface area contributed by atoms with Crippen LogP contribution in [-0.4, -0.2) is 50.6 Å². The second-order valence-electron chi connectivity index (χ2n) is 7.02. The van der Waals surface area contributed by atoms with Gasteiger partial charge in [0.05, 0.1) is 17.2 Å². The van der Waals surface area contributed by atoms with Crippen molar-refractivity contribution < 1.29 is 23.1 Å². The smallest absolute Gasteiger partial charge is 0.338 e. The van der Waals surface area contributed by atoms with Crippen LogP contribution in [0.3, 0.4) is 0 Å². The molecule has 1 atom stereocenters. The minimum absolute atomic E-state index is 0.0217. The maximum atomic E-state index is 13.8. The van der Waals surface area contributed by atoms with Gasteiger partial charge in [0.15, 0.2) is 5.82 Å². The minimum atomic E-state index is -2.94. The Kier molecular flexibility index (Phi) is 5.49. The van der Waals surface area contributed by atoms with Gasteiger partial charge in [-0.2, -0.15) is 0 Å². The molecule has 0 saturated carbocycles. The largest absolute Gasteiger partial charge is 0.478 e. The molecule has 2 N–H and O–H groups in total. The standard InChI is InChI=1S/C20H18F3N5O2/c21-14-3-2-11(8-13(14)18(22)23)15(9-28-6-1-7-28)27-19-17-16(25-10-26-19)12(20(29)30)4-5-24-17/h2-5,8,10,15,18H,1,6-7,9H2,(H,29,30)(H,25,26,27)/t15-/m1/s1.